The van der Waals surface area contributed by atoms with Crippen LogP contribution in [-0.2, 0) is 19.1 Å². The summed E-state index contributed by atoms with van der Waals surface area (Å²) < 4.78 is 5.69. The van der Waals surface area contributed by atoms with Gasteiger partial charge in [0.25, 0.3) is 0 Å². The normalized spacial score (nSPS) is 12.9. The smallest absolute Gasteiger partial charge is 0.328 e. The molecule has 0 radical (unpaired) electrons. The van der Waals surface area contributed by atoms with Gasteiger partial charge in [-0.25, -0.2) is 4.79 Å². The van der Waals surface area contributed by atoms with Crippen molar-refractivity contribution in [1.29, 1.82) is 0 Å². The lowest BCUT2D eigenvalue weighted by molar-refractivity contribution is -0.152. The lowest BCUT2D eigenvalue weighted by Gasteiger charge is -2.19. The Morgan fingerprint density at radius 1 is 0.595 bits per heavy atom. The van der Waals surface area contributed by atoms with E-state index in [2.05, 4.69) is 33.0 Å². The van der Waals surface area contributed by atoms with E-state index in [4.69, 9.17) is 9.84 Å². The second-order valence-corrected chi connectivity index (χ2v) is 13.2. The number of esters is 1. The average molecular weight is 598 g/mol. The molecule has 0 heterocycles. The van der Waals surface area contributed by atoms with Crippen LogP contribution in [0.4, 0.5) is 0 Å². The SMILES string of the molecule is CC(C)CCCCCCCCCCCC(=O)O[C@H](CCCCCCCCCCCC(C)C)CC(=O)N[C@@H](CO)C(=O)O. The Bertz CT molecular complexity index is 666. The third-order valence-electron chi connectivity index (χ3n) is 8.00. The number of aliphatic hydroxyl groups excluding tert-OH is 1. The van der Waals surface area contributed by atoms with Crippen LogP contribution in [0.15, 0.2) is 0 Å². The molecule has 0 aliphatic carbocycles. The molecular formula is C35H67NO6. The number of aliphatic hydroxyl groups is 1. The minimum absolute atomic E-state index is 0.0803. The number of unbranched alkanes of at least 4 members (excludes halogenated alkanes) is 16. The minimum Gasteiger partial charge on any atom is -0.480 e. The van der Waals surface area contributed by atoms with E-state index in [1.54, 1.807) is 0 Å². The number of ether oxygens (including phenoxy) is 1. The Morgan fingerprint density at radius 3 is 1.36 bits per heavy atom. The Kier molecular flexibility index (Phi) is 27.1. The first-order valence-electron chi connectivity index (χ1n) is 17.5. The van der Waals surface area contributed by atoms with Crippen LogP contribution >= 0.6 is 0 Å². The molecule has 0 aromatic rings. The first-order chi connectivity index (χ1) is 20.1. The predicted molar refractivity (Wildman–Crippen MR) is 172 cm³/mol. The summed E-state index contributed by atoms with van der Waals surface area (Å²) in [6, 6.07) is -1.35. The van der Waals surface area contributed by atoms with Crippen molar-refractivity contribution in [3.63, 3.8) is 0 Å². The van der Waals surface area contributed by atoms with Crippen LogP contribution < -0.4 is 5.32 Å². The molecule has 42 heavy (non-hydrogen) atoms. The van der Waals surface area contributed by atoms with Gasteiger partial charge in [-0.05, 0) is 31.1 Å². The summed E-state index contributed by atoms with van der Waals surface area (Å²) in [5, 5.41) is 20.6. The molecule has 0 fully saturated rings. The maximum atomic E-state index is 12.5. The first kappa shape index (κ1) is 40.4. The summed E-state index contributed by atoms with van der Waals surface area (Å²) in [6.45, 7) is 8.43. The third-order valence-corrected chi connectivity index (χ3v) is 8.00. The summed E-state index contributed by atoms with van der Waals surface area (Å²) in [6.07, 6.45) is 24.3. The largest absolute Gasteiger partial charge is 0.480 e. The van der Waals surface area contributed by atoms with Gasteiger partial charge in [-0.15, -0.1) is 0 Å². The van der Waals surface area contributed by atoms with Crippen LogP contribution in [0, 0.1) is 11.8 Å². The van der Waals surface area contributed by atoms with Crippen LogP contribution in [0.2, 0.25) is 0 Å². The molecule has 0 spiro atoms. The molecular weight excluding hydrogens is 530 g/mol. The van der Waals surface area contributed by atoms with Gasteiger partial charge in [-0.1, -0.05) is 143 Å². The monoisotopic (exact) mass is 597 g/mol. The number of hydrogen-bond acceptors (Lipinski definition) is 5. The average Bonchev–Trinajstić information content (AvgIpc) is 2.92. The summed E-state index contributed by atoms with van der Waals surface area (Å²) in [5.74, 6) is -0.497. The molecule has 0 unspecified atom stereocenters. The quantitative estimate of drug-likeness (QED) is 0.0563. The van der Waals surface area contributed by atoms with Crippen LogP contribution in [0.3, 0.4) is 0 Å². The number of amides is 1. The fourth-order valence-electron chi connectivity index (χ4n) is 5.31. The number of nitrogens with one attached hydrogen (secondary N) is 1. The van der Waals surface area contributed by atoms with E-state index in [0.717, 1.165) is 50.4 Å². The summed E-state index contributed by atoms with van der Waals surface area (Å²) >= 11 is 0. The fourth-order valence-corrected chi connectivity index (χ4v) is 5.31. The van der Waals surface area contributed by atoms with Crippen LogP contribution in [0.25, 0.3) is 0 Å². The van der Waals surface area contributed by atoms with Crippen molar-refractivity contribution >= 4 is 17.8 Å². The zero-order valence-corrected chi connectivity index (χ0v) is 27.8. The van der Waals surface area contributed by atoms with Crippen LogP contribution in [-0.4, -0.2) is 46.8 Å². The van der Waals surface area contributed by atoms with E-state index in [1.807, 2.05) is 0 Å². The molecule has 3 N–H and O–H groups in total. The van der Waals surface area contributed by atoms with Crippen LogP contribution in [0.5, 0.6) is 0 Å². The van der Waals surface area contributed by atoms with Gasteiger partial charge in [0.1, 0.15) is 12.1 Å². The highest BCUT2D eigenvalue weighted by Crippen LogP contribution is 2.17. The molecule has 248 valence electrons. The standard InChI is InChI=1S/C35H67NO6/c1-29(2)23-19-15-11-7-5-9-13-17-21-25-31(27-33(38)36-32(28-37)35(40)41)42-34(39)26-22-18-14-10-6-8-12-16-20-24-30(3)4/h29-32,37H,5-28H2,1-4H3,(H,36,38)(H,40,41)/t31-,32+/m1/s1. The van der Waals surface area contributed by atoms with Crippen molar-refractivity contribution in [2.75, 3.05) is 6.61 Å². The number of carboxylic acids is 1. The Morgan fingerprint density at radius 2 is 0.976 bits per heavy atom. The van der Waals surface area contributed by atoms with E-state index >= 15 is 0 Å². The van der Waals surface area contributed by atoms with Gasteiger partial charge >= 0.3 is 11.9 Å². The van der Waals surface area contributed by atoms with Crippen molar-refractivity contribution in [2.45, 2.75) is 188 Å². The molecule has 1 amide bonds. The summed E-state index contributed by atoms with van der Waals surface area (Å²) in [4.78, 5) is 36.1. The maximum Gasteiger partial charge on any atom is 0.328 e. The van der Waals surface area contributed by atoms with Gasteiger partial charge in [0.2, 0.25) is 5.91 Å². The van der Waals surface area contributed by atoms with Gasteiger partial charge in [0.15, 0.2) is 0 Å². The van der Waals surface area contributed by atoms with Crippen molar-refractivity contribution in [3.8, 4) is 0 Å². The molecule has 0 saturated carbocycles. The highest BCUT2D eigenvalue weighted by atomic mass is 16.5. The number of carbonyl (C=O) groups is 3. The maximum absolute atomic E-state index is 12.5. The van der Waals surface area contributed by atoms with E-state index in [9.17, 15) is 19.5 Å². The molecule has 2 atom stereocenters. The molecule has 0 aromatic carbocycles. The number of carbonyl (C=O) groups excluding carboxylic acids is 2. The zero-order valence-electron chi connectivity index (χ0n) is 27.8. The van der Waals surface area contributed by atoms with Crippen LogP contribution in [0.1, 0.15) is 175 Å². The highest BCUT2D eigenvalue weighted by molar-refractivity contribution is 5.84. The molecule has 7 heteroatoms. The molecule has 0 aliphatic rings. The van der Waals surface area contributed by atoms with Crippen molar-refractivity contribution in [1.82, 2.24) is 5.32 Å². The van der Waals surface area contributed by atoms with E-state index in [0.29, 0.717) is 12.8 Å². The van der Waals surface area contributed by atoms with Gasteiger partial charge < -0.3 is 20.3 Å². The van der Waals surface area contributed by atoms with Gasteiger partial charge in [-0.3, -0.25) is 9.59 Å². The number of aliphatic carboxylic acids is 1. The Labute approximate surface area is 258 Å². The lowest BCUT2D eigenvalue weighted by atomic mass is 10.0. The Balaban J connectivity index is 4.26. The van der Waals surface area contributed by atoms with Crippen molar-refractivity contribution in [3.05, 3.63) is 0 Å². The van der Waals surface area contributed by atoms with Crippen molar-refractivity contribution in [2.24, 2.45) is 11.8 Å². The fraction of sp³-hybridized carbons (Fsp3) is 0.914. The third kappa shape index (κ3) is 27.2. The molecule has 0 aliphatic heterocycles. The van der Waals surface area contributed by atoms with Gasteiger partial charge in [-0.2, -0.15) is 0 Å². The molecule has 0 bridgehead atoms. The minimum atomic E-state index is -1.35. The summed E-state index contributed by atoms with van der Waals surface area (Å²) in [5.41, 5.74) is 0. The molecule has 0 aromatic heterocycles. The van der Waals surface area contributed by atoms with E-state index in [-0.39, 0.29) is 12.4 Å². The lowest BCUT2D eigenvalue weighted by Crippen LogP contribution is -2.44. The molecule has 7 nitrogen and oxygen atoms in total. The number of rotatable bonds is 30. The molecule has 0 saturated heterocycles. The van der Waals surface area contributed by atoms with E-state index < -0.39 is 30.6 Å². The van der Waals surface area contributed by atoms with Gasteiger partial charge in [0, 0.05) is 6.42 Å². The van der Waals surface area contributed by atoms with Crippen molar-refractivity contribution < 1.29 is 29.3 Å². The second-order valence-electron chi connectivity index (χ2n) is 13.2. The first-order valence-corrected chi connectivity index (χ1v) is 17.5. The topological polar surface area (TPSA) is 113 Å². The van der Waals surface area contributed by atoms with E-state index in [1.165, 1.54) is 89.9 Å². The zero-order chi connectivity index (χ0) is 31.4. The number of carboxylic acid groups (broad SMARTS) is 1. The molecule has 0 rings (SSSR count). The highest BCUT2D eigenvalue weighted by Gasteiger charge is 2.23. The number of hydrogen-bond donors (Lipinski definition) is 3. The Hall–Kier alpha value is -1.63. The van der Waals surface area contributed by atoms with Gasteiger partial charge in [0.05, 0.1) is 13.0 Å². The second kappa shape index (κ2) is 28.2. The summed E-state index contributed by atoms with van der Waals surface area (Å²) in [7, 11) is 0. The predicted octanol–water partition coefficient (Wildman–Crippen LogP) is 8.74.